The van der Waals surface area contributed by atoms with E-state index in [0.29, 0.717) is 23.2 Å². The van der Waals surface area contributed by atoms with Crippen molar-refractivity contribution in [3.63, 3.8) is 0 Å². The summed E-state index contributed by atoms with van der Waals surface area (Å²) in [5.74, 6) is -7.35. The first-order valence-electron chi connectivity index (χ1n) is 14.8. The Balaban J connectivity index is 0.000000797. The number of amides is 3. The molecule has 0 aliphatic carbocycles. The highest BCUT2D eigenvalue weighted by Crippen LogP contribution is 2.34. The molecule has 3 amide bonds. The molecule has 2 N–H and O–H groups in total. The van der Waals surface area contributed by atoms with E-state index < -0.39 is 48.5 Å². The maximum Gasteiger partial charge on any atom is 0.416 e. The quantitative estimate of drug-likeness (QED) is 0.102. The molecule has 2 aliphatic rings. The van der Waals surface area contributed by atoms with Crippen molar-refractivity contribution in [1.29, 1.82) is 0 Å². The average molecular weight is 726 g/mol. The normalized spacial score (nSPS) is 15.6. The first-order chi connectivity index (χ1) is 23.1. The Morgan fingerprint density at radius 2 is 1.76 bits per heavy atom. The predicted molar refractivity (Wildman–Crippen MR) is 171 cm³/mol. The number of allylic oxidation sites excluding steroid dienone is 1. The lowest BCUT2D eigenvalue weighted by Gasteiger charge is -2.39. The van der Waals surface area contributed by atoms with Gasteiger partial charge in [-0.05, 0) is 47.9 Å². The van der Waals surface area contributed by atoms with Crippen LogP contribution in [0.4, 0.5) is 32.2 Å². The number of carbonyl (C=O) groups is 3. The van der Waals surface area contributed by atoms with E-state index in [9.17, 15) is 40.9 Å². The van der Waals surface area contributed by atoms with Gasteiger partial charge in [-0.1, -0.05) is 24.6 Å². The van der Waals surface area contributed by atoms with Gasteiger partial charge in [-0.15, -0.1) is 0 Å². The van der Waals surface area contributed by atoms with Gasteiger partial charge in [0.05, 0.1) is 36.0 Å². The second kappa shape index (κ2) is 19.1. The summed E-state index contributed by atoms with van der Waals surface area (Å²) < 4.78 is 83.2. The van der Waals surface area contributed by atoms with Crippen LogP contribution in [0.2, 0.25) is 5.02 Å². The Kier molecular flexibility index (Phi) is 16.0. The van der Waals surface area contributed by atoms with Crippen molar-refractivity contribution in [3.05, 3.63) is 51.8 Å². The van der Waals surface area contributed by atoms with Gasteiger partial charge in [-0.2, -0.15) is 32.0 Å². The van der Waals surface area contributed by atoms with E-state index in [1.807, 2.05) is 0 Å². The molecule has 1 saturated heterocycles. The maximum atomic E-state index is 13.8. The molecule has 12 nitrogen and oxygen atoms in total. The van der Waals surface area contributed by atoms with Gasteiger partial charge in [0.25, 0.3) is 11.8 Å². The number of hydrazone groups is 1. The molecule has 0 radical (unpaired) electrons. The highest BCUT2D eigenvalue weighted by molar-refractivity contribution is 6.33. The van der Waals surface area contributed by atoms with Crippen LogP contribution in [0.25, 0.3) is 0 Å². The maximum absolute atomic E-state index is 13.8. The van der Waals surface area contributed by atoms with Gasteiger partial charge in [0, 0.05) is 45.6 Å². The highest BCUT2D eigenvalue weighted by atomic mass is 35.5. The van der Waals surface area contributed by atoms with Crippen LogP contribution in [0.1, 0.15) is 25.3 Å². The van der Waals surface area contributed by atoms with Gasteiger partial charge >= 0.3 is 12.1 Å². The van der Waals surface area contributed by atoms with Crippen molar-refractivity contribution >= 4 is 48.4 Å². The third-order valence-electron chi connectivity index (χ3n) is 7.22. The summed E-state index contributed by atoms with van der Waals surface area (Å²) in [6, 6.07) is 2.32. The van der Waals surface area contributed by atoms with E-state index in [1.165, 1.54) is 17.5 Å². The zero-order valence-corrected chi connectivity index (χ0v) is 27.7. The van der Waals surface area contributed by atoms with Crippen LogP contribution in [-0.2, 0) is 30.2 Å². The van der Waals surface area contributed by atoms with Gasteiger partial charge in [0.15, 0.2) is 6.61 Å². The number of alkyl halides is 5. The topological polar surface area (TPSA) is 128 Å². The monoisotopic (exact) mass is 725 g/mol. The molecule has 0 bridgehead atoms. The van der Waals surface area contributed by atoms with Gasteiger partial charge < -0.3 is 25.2 Å². The second-order valence-electron chi connectivity index (χ2n) is 10.5. The molecule has 2 aliphatic heterocycles. The highest BCUT2D eigenvalue weighted by Gasteiger charge is 2.44. The van der Waals surface area contributed by atoms with Gasteiger partial charge in [-0.25, -0.2) is 5.01 Å². The van der Waals surface area contributed by atoms with Gasteiger partial charge in [0.1, 0.15) is 12.2 Å². The summed E-state index contributed by atoms with van der Waals surface area (Å²) in [5, 5.41) is 9.09. The fourth-order valence-corrected chi connectivity index (χ4v) is 4.92. The zero-order valence-electron chi connectivity index (χ0n) is 26.9. The lowest BCUT2D eigenvalue weighted by Crippen LogP contribution is -2.55. The van der Waals surface area contributed by atoms with E-state index in [2.05, 4.69) is 45.2 Å². The molecule has 0 saturated carbocycles. The molecule has 272 valence electrons. The molecule has 0 atom stereocenters. The summed E-state index contributed by atoms with van der Waals surface area (Å²) in [6.45, 7) is 7.82. The third kappa shape index (κ3) is 12.0. The lowest BCUT2D eigenvalue weighted by molar-refractivity contribution is -0.208. The first kappa shape index (κ1) is 41.0. The predicted octanol–water partition coefficient (Wildman–Crippen LogP) is 4.30. The summed E-state index contributed by atoms with van der Waals surface area (Å²) in [7, 11) is 1.54. The number of hydrogen-bond acceptors (Lipinski definition) is 9. The number of anilines is 1. The van der Waals surface area contributed by atoms with Crippen molar-refractivity contribution < 1.29 is 50.5 Å². The number of aliphatic imine (C=N–C) groups is 1. The van der Waals surface area contributed by atoms with Crippen molar-refractivity contribution in [2.45, 2.75) is 31.9 Å². The van der Waals surface area contributed by atoms with Crippen LogP contribution >= 0.6 is 11.6 Å². The van der Waals surface area contributed by atoms with Crippen molar-refractivity contribution in [3.8, 4) is 0 Å². The number of benzene rings is 1. The molecule has 0 aromatic heterocycles. The van der Waals surface area contributed by atoms with Crippen LogP contribution < -0.4 is 10.6 Å². The Hall–Kier alpha value is -4.16. The van der Waals surface area contributed by atoms with Crippen LogP contribution in [0.15, 0.2) is 51.3 Å². The van der Waals surface area contributed by atoms with E-state index >= 15 is 0 Å². The largest absolute Gasteiger partial charge is 0.416 e. The summed E-state index contributed by atoms with van der Waals surface area (Å²) in [5.41, 5.74) is 0.642. The van der Waals surface area contributed by atoms with Crippen molar-refractivity contribution in [2.24, 2.45) is 10.1 Å². The zero-order chi connectivity index (χ0) is 36.8. The number of hydrogen-bond donors (Lipinski definition) is 2. The third-order valence-corrected chi connectivity index (χ3v) is 7.53. The molecule has 1 aromatic carbocycles. The fraction of sp³-hybridized carbons (Fsp3) is 0.500. The molecule has 3 rings (SSSR count). The SMILES string of the molecule is C=NCC1=CCOCC1.C=NN(CC(=O)Nc1ccc(C(F)(F)F)cc1Cl)C(=O)/C(=C(/CC)NC)N1CCN(C(=O)C(F)(F)COF)CC1. The van der Waals surface area contributed by atoms with E-state index in [-0.39, 0.29) is 42.6 Å². The molecule has 1 fully saturated rings. The molecule has 2 heterocycles. The molecule has 49 heavy (non-hydrogen) atoms. The molecule has 0 spiro atoms. The Labute approximate surface area is 284 Å². The Morgan fingerprint density at radius 3 is 2.24 bits per heavy atom. The number of nitrogens with one attached hydrogen (secondary N) is 2. The fourth-order valence-electron chi connectivity index (χ4n) is 4.69. The number of nitrogens with zero attached hydrogens (tertiary/aromatic N) is 5. The minimum atomic E-state index is -4.64. The summed E-state index contributed by atoms with van der Waals surface area (Å²) in [4.78, 5) is 47.2. The molecular weight excluding hydrogens is 688 g/mol. The second-order valence-corrected chi connectivity index (χ2v) is 10.9. The number of carbonyl (C=O) groups excluding carboxylic acids is 3. The number of ether oxygens (including phenoxy) is 1. The molecule has 1 aromatic rings. The lowest BCUT2D eigenvalue weighted by atomic mass is 10.1. The van der Waals surface area contributed by atoms with Crippen LogP contribution in [0.5, 0.6) is 0 Å². The summed E-state index contributed by atoms with van der Waals surface area (Å²) in [6.07, 6.45) is -1.23. The van der Waals surface area contributed by atoms with Crippen LogP contribution in [0.3, 0.4) is 0 Å². The van der Waals surface area contributed by atoms with E-state index in [4.69, 9.17) is 16.3 Å². The molecule has 19 heteroatoms. The van der Waals surface area contributed by atoms with E-state index in [1.54, 1.807) is 6.92 Å². The average Bonchev–Trinajstić information content (AvgIpc) is 3.07. The van der Waals surface area contributed by atoms with E-state index in [0.717, 1.165) is 43.2 Å². The minimum Gasteiger partial charge on any atom is -0.390 e. The molecular formula is C30H38ClF6N7O5. The minimum absolute atomic E-state index is 0.0312. The summed E-state index contributed by atoms with van der Waals surface area (Å²) >= 11 is 5.87. The van der Waals surface area contributed by atoms with Gasteiger partial charge in [0.2, 0.25) is 5.91 Å². The van der Waals surface area contributed by atoms with Gasteiger partial charge in [-0.3, -0.25) is 19.4 Å². The standard InChI is InChI=1S/C23H27ClF6N6O4.C7H11NO/c1-4-16(31-2)19(34-7-9-35(10-8-34)21(39)22(25,26)13-40-30)20(38)36(32-3)12-18(37)33-17-6-5-14(11-15(17)24)23(27,28)29;1-8-6-7-2-4-9-5-3-7/h5-6,11,31H,3-4,7-10,12-13H2,1-2H3,(H,33,37);2H,1,3-6H2/b19-16+;. The number of piperazine rings is 1. The first-order valence-corrected chi connectivity index (χ1v) is 15.2. The molecule has 0 unspecified atom stereocenters. The Morgan fingerprint density at radius 1 is 1.10 bits per heavy atom. The smallest absolute Gasteiger partial charge is 0.390 e. The van der Waals surface area contributed by atoms with Crippen LogP contribution in [-0.4, -0.2) is 118 Å². The van der Waals surface area contributed by atoms with Crippen LogP contribution in [0, 0.1) is 0 Å². The number of rotatable bonds is 13. The van der Waals surface area contributed by atoms with Crippen molar-refractivity contribution in [2.75, 3.05) is 71.5 Å². The Bertz CT molecular complexity index is 1400. The number of halogens is 7. The van der Waals surface area contributed by atoms with Crippen molar-refractivity contribution in [1.82, 2.24) is 20.1 Å².